The first-order chi connectivity index (χ1) is 10.1. The summed E-state index contributed by atoms with van der Waals surface area (Å²) in [6.45, 7) is 0.450. The van der Waals surface area contributed by atoms with E-state index in [4.69, 9.17) is 10.00 Å². The van der Waals surface area contributed by atoms with Crippen molar-refractivity contribution in [1.29, 1.82) is 5.26 Å². The Hall–Kier alpha value is -2.80. The van der Waals surface area contributed by atoms with Gasteiger partial charge >= 0.3 is 0 Å². The molecule has 0 heterocycles. The predicted molar refractivity (Wildman–Crippen MR) is 79.9 cm³/mol. The van der Waals surface area contributed by atoms with Gasteiger partial charge in [-0.1, -0.05) is 18.2 Å². The van der Waals surface area contributed by atoms with Crippen molar-refractivity contribution in [2.75, 3.05) is 14.2 Å². The van der Waals surface area contributed by atoms with E-state index in [1.165, 1.54) is 0 Å². The molecule has 1 amide bonds. The van der Waals surface area contributed by atoms with Crippen molar-refractivity contribution in [3.05, 3.63) is 65.2 Å². The Morgan fingerprint density at radius 2 is 2.00 bits per heavy atom. The van der Waals surface area contributed by atoms with Crippen molar-refractivity contribution in [1.82, 2.24) is 4.90 Å². The molecule has 21 heavy (non-hydrogen) atoms. The largest absolute Gasteiger partial charge is 0.497 e. The lowest BCUT2D eigenvalue weighted by Crippen LogP contribution is -2.26. The fraction of sp³-hybridized carbons (Fsp3) is 0.176. The van der Waals surface area contributed by atoms with E-state index in [0.717, 1.165) is 5.56 Å². The Morgan fingerprint density at radius 1 is 1.24 bits per heavy atom. The number of carbonyl (C=O) groups is 1. The van der Waals surface area contributed by atoms with Crippen LogP contribution in [0.2, 0.25) is 0 Å². The Kier molecular flexibility index (Phi) is 4.57. The molecule has 0 radical (unpaired) electrons. The van der Waals surface area contributed by atoms with E-state index in [9.17, 15) is 4.79 Å². The zero-order valence-corrected chi connectivity index (χ0v) is 12.0. The zero-order chi connectivity index (χ0) is 15.2. The van der Waals surface area contributed by atoms with E-state index in [0.29, 0.717) is 23.4 Å². The second-order valence-electron chi connectivity index (χ2n) is 4.71. The maximum atomic E-state index is 12.4. The number of nitrogens with zero attached hydrogens (tertiary/aromatic N) is 2. The SMILES string of the molecule is COc1cccc(C(=O)N(C)Cc2cccc(C#N)c2)c1. The molecule has 2 aromatic rings. The van der Waals surface area contributed by atoms with Crippen LogP contribution in [-0.2, 0) is 6.54 Å². The van der Waals surface area contributed by atoms with Gasteiger partial charge in [0.2, 0.25) is 0 Å². The minimum absolute atomic E-state index is 0.0868. The number of hydrogen-bond donors (Lipinski definition) is 0. The van der Waals surface area contributed by atoms with Crippen LogP contribution in [0.15, 0.2) is 48.5 Å². The first-order valence-electron chi connectivity index (χ1n) is 6.52. The maximum absolute atomic E-state index is 12.4. The molecule has 0 saturated heterocycles. The lowest BCUT2D eigenvalue weighted by atomic mass is 10.1. The lowest BCUT2D eigenvalue weighted by Gasteiger charge is -2.17. The maximum Gasteiger partial charge on any atom is 0.254 e. The minimum Gasteiger partial charge on any atom is -0.497 e. The van der Waals surface area contributed by atoms with Crippen molar-refractivity contribution in [2.24, 2.45) is 0 Å². The first-order valence-corrected chi connectivity index (χ1v) is 6.52. The average Bonchev–Trinajstić information content (AvgIpc) is 2.54. The van der Waals surface area contributed by atoms with Crippen molar-refractivity contribution < 1.29 is 9.53 Å². The number of ether oxygens (including phenoxy) is 1. The Balaban J connectivity index is 2.13. The standard InChI is InChI=1S/C17H16N2O2/c1-19(12-14-6-3-5-13(9-14)11-18)17(20)15-7-4-8-16(10-15)21-2/h3-10H,12H2,1-2H3. The van der Waals surface area contributed by atoms with Crippen LogP contribution in [0.3, 0.4) is 0 Å². The van der Waals surface area contributed by atoms with Gasteiger partial charge in [0.15, 0.2) is 0 Å². The highest BCUT2D eigenvalue weighted by Crippen LogP contribution is 2.15. The molecule has 0 atom stereocenters. The molecule has 0 spiro atoms. The van der Waals surface area contributed by atoms with Crippen molar-refractivity contribution >= 4 is 5.91 Å². The van der Waals surface area contributed by atoms with Gasteiger partial charge < -0.3 is 9.64 Å². The summed E-state index contributed by atoms with van der Waals surface area (Å²) < 4.78 is 5.13. The molecule has 0 saturated carbocycles. The fourth-order valence-electron chi connectivity index (χ4n) is 2.06. The van der Waals surface area contributed by atoms with Gasteiger partial charge in [-0.3, -0.25) is 4.79 Å². The van der Waals surface area contributed by atoms with Crippen LogP contribution in [0.25, 0.3) is 0 Å². The Labute approximate surface area is 124 Å². The first kappa shape index (κ1) is 14.6. The topological polar surface area (TPSA) is 53.3 Å². The predicted octanol–water partition coefficient (Wildman–Crippen LogP) is 2.84. The molecule has 4 nitrogen and oxygen atoms in total. The monoisotopic (exact) mass is 280 g/mol. The number of benzene rings is 2. The summed E-state index contributed by atoms with van der Waals surface area (Å²) in [6, 6.07) is 16.4. The van der Waals surface area contributed by atoms with Gasteiger partial charge in [0, 0.05) is 19.2 Å². The highest BCUT2D eigenvalue weighted by molar-refractivity contribution is 5.94. The number of nitriles is 1. The van der Waals surface area contributed by atoms with Crippen LogP contribution in [0.1, 0.15) is 21.5 Å². The lowest BCUT2D eigenvalue weighted by molar-refractivity contribution is 0.0784. The zero-order valence-electron chi connectivity index (χ0n) is 12.0. The van der Waals surface area contributed by atoms with Crippen molar-refractivity contribution in [3.8, 4) is 11.8 Å². The molecule has 0 aliphatic heterocycles. The highest BCUT2D eigenvalue weighted by atomic mass is 16.5. The molecule has 0 bridgehead atoms. The summed E-state index contributed by atoms with van der Waals surface area (Å²) >= 11 is 0. The van der Waals surface area contributed by atoms with Gasteiger partial charge in [0.25, 0.3) is 5.91 Å². The van der Waals surface area contributed by atoms with Crippen LogP contribution >= 0.6 is 0 Å². The third-order valence-electron chi connectivity index (χ3n) is 3.14. The summed E-state index contributed by atoms with van der Waals surface area (Å²) in [5.74, 6) is 0.567. The van der Waals surface area contributed by atoms with Gasteiger partial charge in [-0.2, -0.15) is 5.26 Å². The van der Waals surface area contributed by atoms with Gasteiger partial charge in [-0.05, 0) is 35.9 Å². The molecule has 2 aromatic carbocycles. The molecule has 106 valence electrons. The normalized spacial score (nSPS) is 9.76. The molecule has 2 rings (SSSR count). The second kappa shape index (κ2) is 6.58. The van der Waals surface area contributed by atoms with E-state index in [2.05, 4.69) is 6.07 Å². The van der Waals surface area contributed by atoms with Crippen molar-refractivity contribution in [2.45, 2.75) is 6.54 Å². The van der Waals surface area contributed by atoms with Crippen LogP contribution < -0.4 is 4.74 Å². The van der Waals surface area contributed by atoms with Crippen molar-refractivity contribution in [3.63, 3.8) is 0 Å². The minimum atomic E-state index is -0.0868. The number of hydrogen-bond acceptors (Lipinski definition) is 3. The summed E-state index contributed by atoms with van der Waals surface area (Å²) in [7, 11) is 3.31. The Morgan fingerprint density at radius 3 is 2.71 bits per heavy atom. The van der Waals surface area contributed by atoms with E-state index in [-0.39, 0.29) is 5.91 Å². The third kappa shape index (κ3) is 3.61. The van der Waals surface area contributed by atoms with E-state index < -0.39 is 0 Å². The third-order valence-corrected chi connectivity index (χ3v) is 3.14. The second-order valence-corrected chi connectivity index (χ2v) is 4.71. The van der Waals surface area contributed by atoms with Crippen LogP contribution in [0.4, 0.5) is 0 Å². The molecule has 0 N–H and O–H groups in total. The van der Waals surface area contributed by atoms with Crippen LogP contribution in [0, 0.1) is 11.3 Å². The smallest absolute Gasteiger partial charge is 0.254 e. The number of carbonyl (C=O) groups excluding carboxylic acids is 1. The van der Waals surface area contributed by atoms with Gasteiger partial charge in [0.05, 0.1) is 18.7 Å². The highest BCUT2D eigenvalue weighted by Gasteiger charge is 2.12. The van der Waals surface area contributed by atoms with Crippen LogP contribution in [-0.4, -0.2) is 25.0 Å². The van der Waals surface area contributed by atoms with E-state index >= 15 is 0 Å². The molecule has 0 aliphatic rings. The molecule has 0 fully saturated rings. The summed E-state index contributed by atoms with van der Waals surface area (Å²) in [5.41, 5.74) is 2.09. The molecule has 0 unspecified atom stereocenters. The fourth-order valence-corrected chi connectivity index (χ4v) is 2.06. The number of amides is 1. The van der Waals surface area contributed by atoms with Gasteiger partial charge in [0.1, 0.15) is 5.75 Å². The van der Waals surface area contributed by atoms with E-state index in [1.54, 1.807) is 55.5 Å². The van der Waals surface area contributed by atoms with E-state index in [1.807, 2.05) is 12.1 Å². The number of rotatable bonds is 4. The molecule has 0 aromatic heterocycles. The van der Waals surface area contributed by atoms with Crippen LogP contribution in [0.5, 0.6) is 5.75 Å². The molecular weight excluding hydrogens is 264 g/mol. The summed E-state index contributed by atoms with van der Waals surface area (Å²) in [6.07, 6.45) is 0. The molecule has 0 aliphatic carbocycles. The summed E-state index contributed by atoms with van der Waals surface area (Å²) in [4.78, 5) is 14.0. The number of methoxy groups -OCH3 is 1. The van der Waals surface area contributed by atoms with Gasteiger partial charge in [-0.15, -0.1) is 0 Å². The van der Waals surface area contributed by atoms with Gasteiger partial charge in [-0.25, -0.2) is 0 Å². The molecule has 4 heteroatoms. The Bertz CT molecular complexity index is 689. The molecular formula is C17H16N2O2. The average molecular weight is 280 g/mol. The quantitative estimate of drug-likeness (QED) is 0.865. The summed E-state index contributed by atoms with van der Waals surface area (Å²) in [5, 5.41) is 8.90.